The van der Waals surface area contributed by atoms with Crippen LogP contribution in [0.2, 0.25) is 0 Å². The topological polar surface area (TPSA) is 162 Å². The van der Waals surface area contributed by atoms with Crippen molar-refractivity contribution < 1.29 is 33.9 Å². The molecule has 0 unspecified atom stereocenters. The van der Waals surface area contributed by atoms with Gasteiger partial charge in [0.1, 0.15) is 24.7 Å². The maximum absolute atomic E-state index is 13.3. The van der Waals surface area contributed by atoms with Crippen molar-refractivity contribution in [2.75, 3.05) is 6.54 Å². The Balaban J connectivity index is 2.17. The maximum Gasteiger partial charge on any atom is 0.305 e. The number of hydrogen-bond donors (Lipinski definition) is 4. The average molecular weight is 511 g/mol. The van der Waals surface area contributed by atoms with Crippen molar-refractivity contribution in [2.24, 2.45) is 0 Å². The van der Waals surface area contributed by atoms with Gasteiger partial charge in [0.25, 0.3) is 11.8 Å². The molecule has 3 atom stereocenters. The molecular formula is C21H26N4O7S2. The number of carboxylic acid groups (broad SMARTS) is 1. The Morgan fingerprint density at radius 3 is 2.74 bits per heavy atom. The monoisotopic (exact) mass is 510 g/mol. The normalized spacial score (nSPS) is 19.8. The summed E-state index contributed by atoms with van der Waals surface area (Å²) in [5.74, 6) is -3.10. The van der Waals surface area contributed by atoms with Crippen molar-refractivity contribution in [1.82, 2.24) is 21.1 Å². The molecule has 13 heteroatoms. The average Bonchev–Trinajstić information content (AvgIpc) is 3.04. The smallest absolute Gasteiger partial charge is 0.305 e. The van der Waals surface area contributed by atoms with Crippen molar-refractivity contribution in [1.29, 1.82) is 0 Å². The Bertz CT molecular complexity index is 906. The lowest BCUT2D eigenvalue weighted by Crippen LogP contribution is -2.63. The van der Waals surface area contributed by atoms with Crippen LogP contribution in [0.3, 0.4) is 0 Å². The molecule has 0 aliphatic carbocycles. The van der Waals surface area contributed by atoms with E-state index in [4.69, 9.17) is 5.11 Å². The quantitative estimate of drug-likeness (QED) is 0.227. The highest BCUT2D eigenvalue weighted by atomic mass is 33.1. The van der Waals surface area contributed by atoms with E-state index < -0.39 is 48.2 Å². The molecule has 0 aromatic carbocycles. The number of nitrogens with one attached hydrogen (secondary N) is 3. The second kappa shape index (κ2) is 13.7. The number of hydrogen-bond acceptors (Lipinski definition) is 9. The van der Waals surface area contributed by atoms with Crippen molar-refractivity contribution >= 4 is 57.9 Å². The standard InChI is InChI=1S/C21H26N4O7S2/c1-13-6-9-33-34-17(10-13)20(31)24-15(4-3-8-26)21(32)25-16(5-2-7-22-25)19(30)23-14(12-27)11-18(28)29/h6,8-10,12,14-16,22H,1-5,7,11H2,(H,23,30)(H,24,31)(H,28,29)/t14-,15-,16-/m0/s1. The second-order valence-corrected chi connectivity index (χ2v) is 9.61. The summed E-state index contributed by atoms with van der Waals surface area (Å²) in [7, 11) is 2.50. The van der Waals surface area contributed by atoms with E-state index in [1.807, 2.05) is 0 Å². The summed E-state index contributed by atoms with van der Waals surface area (Å²) in [4.78, 5) is 72.3. The molecule has 2 aliphatic heterocycles. The molecule has 0 aromatic heterocycles. The minimum absolute atomic E-state index is 0.00240. The molecule has 11 nitrogen and oxygen atoms in total. The number of aldehydes is 2. The Morgan fingerprint density at radius 1 is 1.29 bits per heavy atom. The third kappa shape index (κ3) is 8.15. The van der Waals surface area contributed by atoms with Crippen molar-refractivity contribution in [3.05, 3.63) is 34.6 Å². The molecule has 2 heterocycles. The lowest BCUT2D eigenvalue weighted by Gasteiger charge is -2.37. The SMILES string of the molecule is C=C1C=CSSC(C(=O)N[C@@H](CCC=O)C(=O)N2NCCC[C@H]2C(=O)N[C@H](C=O)CC(=O)O)=C1. The van der Waals surface area contributed by atoms with Crippen LogP contribution in [0.25, 0.3) is 0 Å². The van der Waals surface area contributed by atoms with Crippen molar-refractivity contribution in [3.63, 3.8) is 0 Å². The van der Waals surface area contributed by atoms with Gasteiger partial charge in [0.15, 0.2) is 0 Å². The zero-order chi connectivity index (χ0) is 25.1. The van der Waals surface area contributed by atoms with Crippen LogP contribution in [0.1, 0.15) is 32.1 Å². The molecule has 0 radical (unpaired) electrons. The van der Waals surface area contributed by atoms with Crippen LogP contribution in [0.15, 0.2) is 34.6 Å². The van der Waals surface area contributed by atoms with E-state index in [9.17, 15) is 28.8 Å². The van der Waals surface area contributed by atoms with E-state index in [0.717, 1.165) is 5.01 Å². The molecule has 0 aromatic rings. The molecule has 34 heavy (non-hydrogen) atoms. The van der Waals surface area contributed by atoms with Crippen LogP contribution in [-0.4, -0.2) is 71.0 Å². The van der Waals surface area contributed by atoms with Crippen LogP contribution >= 0.6 is 21.6 Å². The number of nitrogens with zero attached hydrogens (tertiary/aromatic N) is 1. The predicted octanol–water partition coefficient (Wildman–Crippen LogP) is 0.453. The Labute approximate surface area is 204 Å². The molecule has 0 bridgehead atoms. The van der Waals surface area contributed by atoms with Gasteiger partial charge in [0.2, 0.25) is 5.91 Å². The summed E-state index contributed by atoms with van der Waals surface area (Å²) >= 11 is 0. The van der Waals surface area contributed by atoms with Gasteiger partial charge < -0.3 is 25.3 Å². The third-order valence-corrected chi connectivity index (χ3v) is 6.85. The van der Waals surface area contributed by atoms with E-state index in [1.54, 1.807) is 17.6 Å². The highest BCUT2D eigenvalue weighted by Gasteiger charge is 2.37. The highest BCUT2D eigenvalue weighted by molar-refractivity contribution is 8.79. The Morgan fingerprint density at radius 2 is 2.06 bits per heavy atom. The van der Waals surface area contributed by atoms with Gasteiger partial charge in [0.05, 0.1) is 17.4 Å². The summed E-state index contributed by atoms with van der Waals surface area (Å²) < 4.78 is 0. The third-order valence-electron chi connectivity index (χ3n) is 4.87. The fourth-order valence-corrected chi connectivity index (χ4v) is 4.98. The minimum atomic E-state index is -1.26. The summed E-state index contributed by atoms with van der Waals surface area (Å²) in [5, 5.41) is 16.7. The van der Waals surface area contributed by atoms with Gasteiger partial charge in [0, 0.05) is 13.0 Å². The molecule has 2 aliphatic rings. The molecule has 184 valence electrons. The van der Waals surface area contributed by atoms with Gasteiger partial charge in [-0.15, -0.1) is 0 Å². The number of carbonyl (C=O) groups excluding carboxylic acids is 5. The Hall–Kier alpha value is -2.90. The number of carbonyl (C=O) groups is 6. The minimum Gasteiger partial charge on any atom is -0.481 e. The predicted molar refractivity (Wildman–Crippen MR) is 127 cm³/mol. The zero-order valence-electron chi connectivity index (χ0n) is 18.2. The molecule has 3 amide bonds. The molecular weight excluding hydrogens is 484 g/mol. The number of aliphatic carboxylic acids is 1. The van der Waals surface area contributed by atoms with Gasteiger partial charge in [-0.25, -0.2) is 5.43 Å². The molecule has 2 rings (SSSR count). The number of allylic oxidation sites excluding steroid dienone is 3. The molecule has 1 fully saturated rings. The second-order valence-electron chi connectivity index (χ2n) is 7.46. The fourth-order valence-electron chi connectivity index (χ4n) is 3.24. The molecule has 0 saturated carbocycles. The summed E-state index contributed by atoms with van der Waals surface area (Å²) in [6.07, 6.45) is 4.51. The van der Waals surface area contributed by atoms with E-state index in [2.05, 4.69) is 22.6 Å². The maximum atomic E-state index is 13.3. The van der Waals surface area contributed by atoms with Crippen LogP contribution in [-0.2, 0) is 28.8 Å². The van der Waals surface area contributed by atoms with Crippen molar-refractivity contribution in [2.45, 2.75) is 50.2 Å². The van der Waals surface area contributed by atoms with E-state index >= 15 is 0 Å². The summed E-state index contributed by atoms with van der Waals surface area (Å²) in [6, 6.07) is -3.37. The van der Waals surface area contributed by atoms with Gasteiger partial charge in [-0.05, 0) is 53.2 Å². The van der Waals surface area contributed by atoms with Gasteiger partial charge in [-0.3, -0.25) is 24.2 Å². The lowest BCUT2D eigenvalue weighted by atomic mass is 10.0. The molecule has 0 spiro atoms. The van der Waals surface area contributed by atoms with Crippen LogP contribution in [0.4, 0.5) is 0 Å². The van der Waals surface area contributed by atoms with E-state index in [-0.39, 0.29) is 19.3 Å². The number of hydrazine groups is 1. The summed E-state index contributed by atoms with van der Waals surface area (Å²) in [5.41, 5.74) is 3.45. The first-order chi connectivity index (χ1) is 16.3. The number of carboxylic acids is 1. The first kappa shape index (κ1) is 27.3. The Kier molecular flexibility index (Phi) is 11.0. The number of rotatable bonds is 11. The van der Waals surface area contributed by atoms with Crippen molar-refractivity contribution in [3.8, 4) is 0 Å². The van der Waals surface area contributed by atoms with Gasteiger partial charge >= 0.3 is 5.97 Å². The highest BCUT2D eigenvalue weighted by Crippen LogP contribution is 2.34. The molecule has 4 N–H and O–H groups in total. The molecule has 1 saturated heterocycles. The van der Waals surface area contributed by atoms with E-state index in [1.165, 1.54) is 21.6 Å². The van der Waals surface area contributed by atoms with Gasteiger partial charge in [-0.1, -0.05) is 17.4 Å². The first-order valence-corrected chi connectivity index (χ1v) is 12.7. The lowest BCUT2D eigenvalue weighted by molar-refractivity contribution is -0.149. The van der Waals surface area contributed by atoms with E-state index in [0.29, 0.717) is 36.0 Å². The van der Waals surface area contributed by atoms with Crippen LogP contribution < -0.4 is 16.1 Å². The first-order valence-electron chi connectivity index (χ1n) is 10.5. The number of amides is 3. The van der Waals surface area contributed by atoms with Crippen LogP contribution in [0, 0.1) is 0 Å². The van der Waals surface area contributed by atoms with Gasteiger partial charge in [-0.2, -0.15) is 0 Å². The largest absolute Gasteiger partial charge is 0.481 e. The summed E-state index contributed by atoms with van der Waals surface area (Å²) in [6.45, 7) is 4.20. The van der Waals surface area contributed by atoms with Crippen LogP contribution in [0.5, 0.6) is 0 Å². The fraction of sp³-hybridized carbons (Fsp3) is 0.429. The zero-order valence-corrected chi connectivity index (χ0v) is 19.9.